The molecule has 2 aliphatic heterocycles. The number of methoxy groups -OCH3 is 1. The van der Waals surface area contributed by atoms with E-state index >= 15 is 0 Å². The van der Waals surface area contributed by atoms with Gasteiger partial charge in [-0.2, -0.15) is 0 Å². The first kappa shape index (κ1) is 24.3. The number of benzene rings is 2. The van der Waals surface area contributed by atoms with E-state index in [2.05, 4.69) is 34.1 Å². The number of nitrogens with one attached hydrogen (secondary N) is 3. The molecule has 0 bridgehead atoms. The monoisotopic (exact) mass is 536 g/mol. The van der Waals surface area contributed by atoms with Crippen LogP contribution in [0.25, 0.3) is 31.9 Å². The van der Waals surface area contributed by atoms with Gasteiger partial charge in [0.15, 0.2) is 11.5 Å². The molecular weight excluding hydrogens is 508 g/mol. The number of thiophene rings is 1. The maximum atomic E-state index is 12.8. The molecule has 2 aliphatic rings. The molecule has 0 unspecified atom stereocenters. The fourth-order valence-corrected chi connectivity index (χ4v) is 6.95. The Morgan fingerprint density at radius 3 is 2.89 bits per heavy atom. The number of ether oxygens (including phenoxy) is 3. The third-order valence-corrected chi connectivity index (χ3v) is 8.70. The number of fused-ring (bicyclic) bond motifs is 3. The van der Waals surface area contributed by atoms with Crippen molar-refractivity contribution in [2.24, 2.45) is 0 Å². The number of amides is 1. The molecule has 3 N–H and O–H groups in total. The molecule has 192 valence electrons. The number of rotatable bonds is 9. The predicted octanol–water partition coefficient (Wildman–Crippen LogP) is 4.63. The van der Waals surface area contributed by atoms with E-state index in [1.54, 1.807) is 29.8 Å². The van der Waals surface area contributed by atoms with Gasteiger partial charge in [0.05, 0.1) is 16.8 Å². The van der Waals surface area contributed by atoms with Crippen LogP contribution in [0.15, 0.2) is 36.4 Å². The van der Waals surface area contributed by atoms with E-state index in [4.69, 9.17) is 19.2 Å². The van der Waals surface area contributed by atoms with Crippen molar-refractivity contribution in [3.63, 3.8) is 0 Å². The molecule has 0 aliphatic carbocycles. The second-order valence-corrected chi connectivity index (χ2v) is 11.1. The minimum atomic E-state index is 0.00364. The van der Waals surface area contributed by atoms with Crippen LogP contribution in [0.2, 0.25) is 0 Å². The van der Waals surface area contributed by atoms with Crippen LogP contribution < -0.4 is 25.4 Å². The van der Waals surface area contributed by atoms with E-state index in [1.165, 1.54) is 10.4 Å². The summed E-state index contributed by atoms with van der Waals surface area (Å²) in [5, 5.41) is 11.7. The van der Waals surface area contributed by atoms with Crippen molar-refractivity contribution in [1.82, 2.24) is 15.6 Å². The van der Waals surface area contributed by atoms with Crippen LogP contribution in [0.5, 0.6) is 11.5 Å². The standard InChI is InChI=1S/C27H28N4O4S2/c1-33-11-10-28-9-7-24(32)31-27-25(18-6-8-29-14-23(18)37-27)26-30-19-12-16(3-5-22(19)36-26)17-2-4-20-21(13-17)35-15-34-20/h2-5,12-13,28-29H,6-11,14-15H2,1H3,(H,31,32). The first-order valence-corrected chi connectivity index (χ1v) is 14.0. The fourth-order valence-electron chi connectivity index (χ4n) is 4.63. The quantitative estimate of drug-likeness (QED) is 0.269. The lowest BCUT2D eigenvalue weighted by atomic mass is 10.0. The summed E-state index contributed by atoms with van der Waals surface area (Å²) in [6, 6.07) is 12.4. The second-order valence-electron chi connectivity index (χ2n) is 8.95. The topological polar surface area (TPSA) is 93.7 Å². The highest BCUT2D eigenvalue weighted by molar-refractivity contribution is 7.23. The van der Waals surface area contributed by atoms with Crippen LogP contribution in [-0.4, -0.2) is 51.0 Å². The Balaban J connectivity index is 1.28. The van der Waals surface area contributed by atoms with Crippen molar-refractivity contribution in [3.05, 3.63) is 46.8 Å². The van der Waals surface area contributed by atoms with E-state index in [9.17, 15) is 4.79 Å². The van der Waals surface area contributed by atoms with Crippen LogP contribution in [-0.2, 0) is 22.5 Å². The molecule has 6 rings (SSSR count). The van der Waals surface area contributed by atoms with Crippen LogP contribution in [0.1, 0.15) is 16.9 Å². The van der Waals surface area contributed by atoms with Crippen molar-refractivity contribution < 1.29 is 19.0 Å². The molecule has 2 aromatic heterocycles. The van der Waals surface area contributed by atoms with E-state index in [-0.39, 0.29) is 12.7 Å². The maximum Gasteiger partial charge on any atom is 0.231 e. The minimum Gasteiger partial charge on any atom is -0.454 e. The van der Waals surface area contributed by atoms with Gasteiger partial charge in [-0.05, 0) is 53.9 Å². The highest BCUT2D eigenvalue weighted by Crippen LogP contribution is 2.45. The largest absolute Gasteiger partial charge is 0.454 e. The summed E-state index contributed by atoms with van der Waals surface area (Å²) in [5.74, 6) is 1.55. The highest BCUT2D eigenvalue weighted by Gasteiger charge is 2.25. The van der Waals surface area contributed by atoms with Crippen molar-refractivity contribution in [2.45, 2.75) is 19.4 Å². The van der Waals surface area contributed by atoms with E-state index in [0.717, 1.165) is 74.5 Å². The summed E-state index contributed by atoms with van der Waals surface area (Å²) in [6.07, 6.45) is 1.33. The zero-order valence-electron chi connectivity index (χ0n) is 20.5. The van der Waals surface area contributed by atoms with Crippen LogP contribution in [0, 0.1) is 0 Å². The Morgan fingerprint density at radius 2 is 1.97 bits per heavy atom. The zero-order chi connectivity index (χ0) is 25.2. The van der Waals surface area contributed by atoms with E-state index < -0.39 is 0 Å². The molecule has 4 aromatic rings. The Labute approximate surface area is 223 Å². The Hall–Kier alpha value is -3.02. The second kappa shape index (κ2) is 10.8. The van der Waals surface area contributed by atoms with Crippen LogP contribution in [0.4, 0.5) is 5.00 Å². The molecule has 0 fully saturated rings. The number of thiazole rings is 1. The Bertz CT molecular complexity index is 1450. The van der Waals surface area contributed by atoms with Crippen molar-refractivity contribution in [2.75, 3.05) is 45.5 Å². The van der Waals surface area contributed by atoms with Gasteiger partial charge in [-0.3, -0.25) is 4.79 Å². The lowest BCUT2D eigenvalue weighted by molar-refractivity contribution is -0.116. The fraction of sp³-hybridized carbons (Fsp3) is 0.333. The van der Waals surface area contributed by atoms with Crippen molar-refractivity contribution in [1.29, 1.82) is 0 Å². The molecular formula is C27H28N4O4S2. The van der Waals surface area contributed by atoms with Gasteiger partial charge in [0.1, 0.15) is 10.0 Å². The average molecular weight is 537 g/mol. The molecule has 0 radical (unpaired) electrons. The number of hydrogen-bond acceptors (Lipinski definition) is 9. The number of carbonyl (C=O) groups is 1. The number of hydrogen-bond donors (Lipinski definition) is 3. The average Bonchev–Trinajstić information content (AvgIpc) is 3.63. The first-order chi connectivity index (χ1) is 18.2. The smallest absolute Gasteiger partial charge is 0.231 e. The van der Waals surface area contributed by atoms with Crippen LogP contribution in [0.3, 0.4) is 0 Å². The third kappa shape index (κ3) is 5.07. The van der Waals surface area contributed by atoms with Gasteiger partial charge in [0.2, 0.25) is 12.7 Å². The summed E-state index contributed by atoms with van der Waals surface area (Å²) in [4.78, 5) is 19.1. The molecule has 8 nitrogen and oxygen atoms in total. The van der Waals surface area contributed by atoms with Crippen molar-refractivity contribution in [3.8, 4) is 33.2 Å². The number of aromatic nitrogens is 1. The number of anilines is 1. The molecule has 10 heteroatoms. The van der Waals surface area contributed by atoms with E-state index in [1.807, 2.05) is 18.2 Å². The third-order valence-electron chi connectivity index (χ3n) is 6.50. The lowest BCUT2D eigenvalue weighted by Gasteiger charge is -2.13. The lowest BCUT2D eigenvalue weighted by Crippen LogP contribution is -2.24. The number of carbonyl (C=O) groups excluding carboxylic acids is 1. The first-order valence-electron chi connectivity index (χ1n) is 12.4. The van der Waals surface area contributed by atoms with Gasteiger partial charge < -0.3 is 30.2 Å². The van der Waals surface area contributed by atoms with Crippen molar-refractivity contribution >= 4 is 43.8 Å². The van der Waals surface area contributed by atoms with Gasteiger partial charge in [0.25, 0.3) is 0 Å². The van der Waals surface area contributed by atoms with Crippen LogP contribution >= 0.6 is 22.7 Å². The summed E-state index contributed by atoms with van der Waals surface area (Å²) in [5.41, 5.74) is 5.46. The van der Waals surface area contributed by atoms with E-state index in [0.29, 0.717) is 19.6 Å². The van der Waals surface area contributed by atoms with Gasteiger partial charge in [0, 0.05) is 43.6 Å². The van der Waals surface area contributed by atoms with Gasteiger partial charge in [-0.15, -0.1) is 22.7 Å². The molecule has 37 heavy (non-hydrogen) atoms. The molecule has 0 saturated heterocycles. The van der Waals surface area contributed by atoms with Gasteiger partial charge in [-0.1, -0.05) is 12.1 Å². The molecule has 4 heterocycles. The molecule has 0 saturated carbocycles. The predicted molar refractivity (Wildman–Crippen MR) is 148 cm³/mol. The summed E-state index contributed by atoms with van der Waals surface area (Å²) >= 11 is 3.33. The summed E-state index contributed by atoms with van der Waals surface area (Å²) < 4.78 is 17.2. The Kier molecular flexibility index (Phi) is 7.08. The molecule has 0 atom stereocenters. The number of nitrogens with zero attached hydrogens (tertiary/aromatic N) is 1. The normalized spacial score (nSPS) is 14.2. The molecule has 0 spiro atoms. The summed E-state index contributed by atoms with van der Waals surface area (Å²) in [6.45, 7) is 3.98. The SMILES string of the molecule is COCCNCCC(=O)Nc1sc2c(c1-c1nc3cc(-c4ccc5c(c4)OCO5)ccc3s1)CCNC2. The molecule has 1 amide bonds. The minimum absolute atomic E-state index is 0.00364. The summed E-state index contributed by atoms with van der Waals surface area (Å²) in [7, 11) is 1.67. The highest BCUT2D eigenvalue weighted by atomic mass is 32.1. The Morgan fingerprint density at radius 1 is 1.11 bits per heavy atom. The maximum absolute atomic E-state index is 12.8. The van der Waals surface area contributed by atoms with Gasteiger partial charge in [-0.25, -0.2) is 4.98 Å². The molecule has 2 aromatic carbocycles. The van der Waals surface area contributed by atoms with Gasteiger partial charge >= 0.3 is 0 Å². The zero-order valence-corrected chi connectivity index (χ0v) is 22.2.